The molecule has 102 valence electrons. The van der Waals surface area contributed by atoms with Gasteiger partial charge in [-0.1, -0.05) is 13.3 Å². The Labute approximate surface area is 114 Å². The van der Waals surface area contributed by atoms with Crippen LogP contribution in [0.1, 0.15) is 56.6 Å². The summed E-state index contributed by atoms with van der Waals surface area (Å²) in [4.78, 5) is 0. The van der Waals surface area contributed by atoms with Crippen molar-refractivity contribution in [1.29, 1.82) is 0 Å². The predicted molar refractivity (Wildman–Crippen MR) is 74.7 cm³/mol. The van der Waals surface area contributed by atoms with Gasteiger partial charge in [-0.2, -0.15) is 0 Å². The first-order valence-corrected chi connectivity index (χ1v) is 7.67. The Kier molecular flexibility index (Phi) is 2.25. The van der Waals surface area contributed by atoms with E-state index in [1.807, 2.05) is 6.07 Å². The lowest BCUT2D eigenvalue weighted by Crippen LogP contribution is -2.50. The van der Waals surface area contributed by atoms with E-state index in [0.717, 1.165) is 30.1 Å². The second-order valence-corrected chi connectivity index (χ2v) is 6.86. The molecule has 19 heavy (non-hydrogen) atoms. The Morgan fingerprint density at radius 3 is 3.05 bits per heavy atom. The fourth-order valence-corrected chi connectivity index (χ4v) is 4.84. The molecule has 0 radical (unpaired) electrons. The molecule has 2 saturated carbocycles. The number of aromatic hydroxyl groups is 1. The minimum absolute atomic E-state index is 0.0257. The van der Waals surface area contributed by atoms with Crippen molar-refractivity contribution >= 4 is 0 Å². The molecular weight excluding hydrogens is 236 g/mol. The van der Waals surface area contributed by atoms with Crippen molar-refractivity contribution in [2.24, 2.45) is 11.8 Å². The smallest absolute Gasteiger partial charge is 0.127 e. The normalized spacial score (nSPS) is 38.1. The zero-order valence-electron chi connectivity index (χ0n) is 11.8. The standard InChI is InChI=1S/C17H22O2/c1-3-4-10-7-13(18)15-12-9-11-5-6-17(2,16(11)12)19-14(15)8-10/h7-8,11-12,16,18H,3-6,9H2,1-2H3/t11?,12-,16-,17-/m1/s1. The van der Waals surface area contributed by atoms with Gasteiger partial charge in [0, 0.05) is 11.5 Å². The van der Waals surface area contributed by atoms with Crippen LogP contribution in [0.15, 0.2) is 12.1 Å². The highest BCUT2D eigenvalue weighted by Gasteiger charge is 2.61. The molecule has 2 nitrogen and oxygen atoms in total. The average Bonchev–Trinajstić information content (AvgIpc) is 2.58. The number of rotatable bonds is 2. The van der Waals surface area contributed by atoms with E-state index in [4.69, 9.17) is 4.74 Å². The van der Waals surface area contributed by atoms with Crippen LogP contribution in [0.4, 0.5) is 0 Å². The van der Waals surface area contributed by atoms with Crippen molar-refractivity contribution in [2.75, 3.05) is 0 Å². The van der Waals surface area contributed by atoms with Crippen LogP contribution >= 0.6 is 0 Å². The molecule has 0 amide bonds. The van der Waals surface area contributed by atoms with Crippen molar-refractivity contribution < 1.29 is 9.84 Å². The first-order chi connectivity index (χ1) is 9.12. The third-order valence-electron chi connectivity index (χ3n) is 5.65. The minimum atomic E-state index is 0.0257. The van der Waals surface area contributed by atoms with Gasteiger partial charge in [-0.15, -0.1) is 0 Å². The number of fused-ring (bicyclic) bond motifs is 2. The molecule has 0 saturated heterocycles. The van der Waals surface area contributed by atoms with E-state index in [1.54, 1.807) is 0 Å². The zero-order chi connectivity index (χ0) is 13.2. The number of aryl methyl sites for hydroxylation is 1. The number of ether oxygens (including phenoxy) is 1. The second kappa shape index (κ2) is 3.68. The number of benzene rings is 1. The molecule has 2 fully saturated rings. The molecule has 2 aliphatic carbocycles. The van der Waals surface area contributed by atoms with Crippen LogP contribution in [0.5, 0.6) is 11.5 Å². The van der Waals surface area contributed by atoms with Gasteiger partial charge in [-0.05, 0) is 62.1 Å². The van der Waals surface area contributed by atoms with Crippen LogP contribution in [0.2, 0.25) is 0 Å². The van der Waals surface area contributed by atoms with Crippen molar-refractivity contribution in [3.63, 3.8) is 0 Å². The summed E-state index contributed by atoms with van der Waals surface area (Å²) in [5, 5.41) is 10.4. The summed E-state index contributed by atoms with van der Waals surface area (Å²) in [6.07, 6.45) is 5.84. The largest absolute Gasteiger partial charge is 0.508 e. The summed E-state index contributed by atoms with van der Waals surface area (Å²) in [6.45, 7) is 4.44. The fourth-order valence-electron chi connectivity index (χ4n) is 4.84. The highest BCUT2D eigenvalue weighted by molar-refractivity contribution is 5.53. The third kappa shape index (κ3) is 1.43. The molecule has 0 spiro atoms. The third-order valence-corrected chi connectivity index (χ3v) is 5.65. The predicted octanol–water partition coefficient (Wildman–Crippen LogP) is 4.01. The molecule has 4 rings (SSSR count). The van der Waals surface area contributed by atoms with Crippen LogP contribution in [-0.2, 0) is 6.42 Å². The molecule has 1 N–H and O–H groups in total. The summed E-state index contributed by atoms with van der Waals surface area (Å²) >= 11 is 0. The number of hydrogen-bond donors (Lipinski definition) is 1. The summed E-state index contributed by atoms with van der Waals surface area (Å²) in [6, 6.07) is 4.13. The Morgan fingerprint density at radius 1 is 1.42 bits per heavy atom. The Balaban J connectivity index is 1.81. The van der Waals surface area contributed by atoms with Gasteiger partial charge < -0.3 is 9.84 Å². The number of phenols is 1. The molecule has 3 aliphatic rings. The molecule has 1 aromatic rings. The molecule has 2 heteroatoms. The van der Waals surface area contributed by atoms with E-state index in [1.165, 1.54) is 24.8 Å². The maximum atomic E-state index is 10.4. The van der Waals surface area contributed by atoms with E-state index in [9.17, 15) is 5.11 Å². The van der Waals surface area contributed by atoms with Crippen LogP contribution in [0.25, 0.3) is 0 Å². The summed E-state index contributed by atoms with van der Waals surface area (Å²) < 4.78 is 6.35. The maximum Gasteiger partial charge on any atom is 0.127 e. The average molecular weight is 258 g/mol. The lowest BCUT2D eigenvalue weighted by Gasteiger charge is -2.52. The fraction of sp³-hybridized carbons (Fsp3) is 0.647. The van der Waals surface area contributed by atoms with Gasteiger partial charge in [0.25, 0.3) is 0 Å². The van der Waals surface area contributed by atoms with Gasteiger partial charge in [0.1, 0.15) is 17.1 Å². The number of phenolic OH excluding ortho intramolecular Hbond substituents is 1. The summed E-state index contributed by atoms with van der Waals surface area (Å²) in [7, 11) is 0. The lowest BCUT2D eigenvalue weighted by molar-refractivity contribution is -0.0401. The highest BCUT2D eigenvalue weighted by Crippen LogP contribution is 2.66. The van der Waals surface area contributed by atoms with E-state index >= 15 is 0 Å². The van der Waals surface area contributed by atoms with Crippen molar-refractivity contribution in [1.82, 2.24) is 0 Å². The molecule has 1 heterocycles. The Bertz CT molecular complexity index is 536. The molecule has 1 unspecified atom stereocenters. The van der Waals surface area contributed by atoms with E-state index in [-0.39, 0.29) is 5.60 Å². The van der Waals surface area contributed by atoms with Crippen molar-refractivity contribution in [3.05, 3.63) is 23.3 Å². The van der Waals surface area contributed by atoms with E-state index < -0.39 is 0 Å². The molecule has 1 aliphatic heterocycles. The first kappa shape index (κ1) is 11.6. The highest BCUT2D eigenvalue weighted by atomic mass is 16.5. The van der Waals surface area contributed by atoms with Gasteiger partial charge in [0.2, 0.25) is 0 Å². The molecule has 0 aromatic heterocycles. The van der Waals surface area contributed by atoms with E-state index in [2.05, 4.69) is 19.9 Å². The lowest BCUT2D eigenvalue weighted by atomic mass is 9.59. The summed E-state index contributed by atoms with van der Waals surface area (Å²) in [5.41, 5.74) is 2.33. The van der Waals surface area contributed by atoms with E-state index in [0.29, 0.717) is 17.6 Å². The summed E-state index contributed by atoms with van der Waals surface area (Å²) in [5.74, 6) is 3.45. The van der Waals surface area contributed by atoms with Gasteiger partial charge >= 0.3 is 0 Å². The van der Waals surface area contributed by atoms with Crippen molar-refractivity contribution in [2.45, 2.75) is 57.5 Å². The van der Waals surface area contributed by atoms with Crippen LogP contribution in [-0.4, -0.2) is 10.7 Å². The minimum Gasteiger partial charge on any atom is -0.508 e. The van der Waals surface area contributed by atoms with Crippen molar-refractivity contribution in [3.8, 4) is 11.5 Å². The van der Waals surface area contributed by atoms with Gasteiger partial charge in [-0.3, -0.25) is 0 Å². The number of hydrogen-bond acceptors (Lipinski definition) is 2. The van der Waals surface area contributed by atoms with Gasteiger partial charge in [0.15, 0.2) is 0 Å². The second-order valence-electron chi connectivity index (χ2n) is 6.86. The maximum absolute atomic E-state index is 10.4. The van der Waals surface area contributed by atoms with Gasteiger partial charge in [0.05, 0.1) is 0 Å². The monoisotopic (exact) mass is 258 g/mol. The molecule has 0 bridgehead atoms. The Hall–Kier alpha value is -1.18. The SMILES string of the molecule is CCCc1cc(O)c2c(c1)O[C@]1(C)CCC3C[C@H]2[C@@H]31. The first-order valence-electron chi connectivity index (χ1n) is 7.67. The van der Waals surface area contributed by atoms with Crippen LogP contribution in [0.3, 0.4) is 0 Å². The topological polar surface area (TPSA) is 29.5 Å². The molecular formula is C17H22O2. The molecule has 4 atom stereocenters. The zero-order valence-corrected chi connectivity index (χ0v) is 11.8. The molecule has 1 aromatic carbocycles. The quantitative estimate of drug-likeness (QED) is 0.868. The van der Waals surface area contributed by atoms with Gasteiger partial charge in [-0.25, -0.2) is 0 Å². The van der Waals surface area contributed by atoms with Crippen LogP contribution in [0, 0.1) is 11.8 Å². The van der Waals surface area contributed by atoms with Crippen LogP contribution < -0.4 is 4.74 Å². The Morgan fingerprint density at radius 2 is 2.26 bits per heavy atom.